The first kappa shape index (κ1) is 11.0. The zero-order valence-electron chi connectivity index (χ0n) is 7.96. The lowest BCUT2D eigenvalue weighted by Gasteiger charge is -2.22. The second-order valence-electron chi connectivity index (χ2n) is 3.22. The van der Waals surface area contributed by atoms with E-state index in [0.717, 1.165) is 10.9 Å². The Morgan fingerprint density at radius 3 is 2.85 bits per heavy atom. The molecule has 0 bridgehead atoms. The summed E-state index contributed by atoms with van der Waals surface area (Å²) in [5.74, 6) is 0. The van der Waals surface area contributed by atoms with Gasteiger partial charge in [0.2, 0.25) is 0 Å². The van der Waals surface area contributed by atoms with Crippen molar-refractivity contribution in [1.82, 2.24) is 4.90 Å². The quantitative estimate of drug-likeness (QED) is 0.840. The molecule has 74 valence electrons. The second kappa shape index (κ2) is 4.96. The summed E-state index contributed by atoms with van der Waals surface area (Å²) in [5, 5.41) is 2.01. The molecule has 0 aromatic carbocycles. The van der Waals surface area contributed by atoms with Gasteiger partial charge in [-0.3, -0.25) is 4.90 Å². The Morgan fingerprint density at radius 2 is 2.38 bits per heavy atom. The van der Waals surface area contributed by atoms with Gasteiger partial charge in [-0.05, 0) is 31.0 Å². The van der Waals surface area contributed by atoms with Gasteiger partial charge in [-0.1, -0.05) is 11.6 Å². The van der Waals surface area contributed by atoms with Crippen molar-refractivity contribution in [2.45, 2.75) is 19.5 Å². The van der Waals surface area contributed by atoms with Crippen LogP contribution >= 0.6 is 22.9 Å². The molecule has 13 heavy (non-hydrogen) atoms. The van der Waals surface area contributed by atoms with Crippen molar-refractivity contribution >= 4 is 22.9 Å². The summed E-state index contributed by atoms with van der Waals surface area (Å²) < 4.78 is 0.885. The van der Waals surface area contributed by atoms with Gasteiger partial charge in [0.25, 0.3) is 0 Å². The normalized spacial score (nSPS) is 13.6. The molecule has 0 saturated carbocycles. The molecule has 0 saturated heterocycles. The van der Waals surface area contributed by atoms with Gasteiger partial charge in [0.05, 0.1) is 4.34 Å². The molecular weight excluding hydrogens is 204 g/mol. The summed E-state index contributed by atoms with van der Waals surface area (Å²) in [5.41, 5.74) is 6.76. The Hall–Kier alpha value is -0.0900. The molecule has 1 unspecified atom stereocenters. The number of hydrogen-bond donors (Lipinski definition) is 1. The molecule has 0 aliphatic heterocycles. The highest BCUT2D eigenvalue weighted by atomic mass is 35.5. The lowest BCUT2D eigenvalue weighted by Crippen LogP contribution is -2.34. The Morgan fingerprint density at radius 1 is 1.69 bits per heavy atom. The number of halogens is 1. The van der Waals surface area contributed by atoms with Crippen LogP contribution in [0.4, 0.5) is 0 Å². The first-order valence-electron chi connectivity index (χ1n) is 4.27. The van der Waals surface area contributed by atoms with Crippen LogP contribution in [0.2, 0.25) is 4.34 Å². The highest BCUT2D eigenvalue weighted by Crippen LogP contribution is 2.23. The van der Waals surface area contributed by atoms with Crippen molar-refractivity contribution in [2.24, 2.45) is 5.73 Å². The topological polar surface area (TPSA) is 29.3 Å². The van der Waals surface area contributed by atoms with E-state index >= 15 is 0 Å². The Labute approximate surface area is 88.3 Å². The third-order valence-electron chi connectivity index (χ3n) is 2.21. The molecule has 0 aliphatic rings. The zero-order chi connectivity index (χ0) is 9.84. The van der Waals surface area contributed by atoms with Gasteiger partial charge < -0.3 is 5.73 Å². The van der Waals surface area contributed by atoms with Gasteiger partial charge in [0.15, 0.2) is 0 Å². The van der Waals surface area contributed by atoms with Gasteiger partial charge in [-0.15, -0.1) is 11.3 Å². The van der Waals surface area contributed by atoms with Crippen molar-refractivity contribution in [1.29, 1.82) is 0 Å². The summed E-state index contributed by atoms with van der Waals surface area (Å²) in [7, 11) is 2.06. The number of nitrogens with zero attached hydrogens (tertiary/aromatic N) is 1. The van der Waals surface area contributed by atoms with Crippen molar-refractivity contribution in [3.8, 4) is 0 Å². The summed E-state index contributed by atoms with van der Waals surface area (Å²) >= 11 is 7.57. The number of likely N-dealkylation sites (N-methyl/N-ethyl adjacent to an activating group) is 1. The Kier molecular flexibility index (Phi) is 4.19. The zero-order valence-corrected chi connectivity index (χ0v) is 9.53. The fourth-order valence-corrected chi connectivity index (χ4v) is 1.95. The van der Waals surface area contributed by atoms with Gasteiger partial charge in [0, 0.05) is 19.1 Å². The van der Waals surface area contributed by atoms with Crippen LogP contribution in [0.15, 0.2) is 11.4 Å². The van der Waals surface area contributed by atoms with Crippen LogP contribution in [-0.2, 0) is 6.54 Å². The van der Waals surface area contributed by atoms with E-state index in [4.69, 9.17) is 17.3 Å². The van der Waals surface area contributed by atoms with Crippen LogP contribution in [0.1, 0.15) is 12.5 Å². The molecule has 4 heteroatoms. The van der Waals surface area contributed by atoms with Crippen LogP contribution < -0.4 is 5.73 Å². The lowest BCUT2D eigenvalue weighted by molar-refractivity contribution is 0.255. The van der Waals surface area contributed by atoms with Gasteiger partial charge in [-0.2, -0.15) is 0 Å². The number of nitrogens with two attached hydrogens (primary N) is 1. The van der Waals surface area contributed by atoms with Crippen LogP contribution in [0.3, 0.4) is 0 Å². The van der Waals surface area contributed by atoms with Gasteiger partial charge in [0.1, 0.15) is 0 Å². The largest absolute Gasteiger partial charge is 0.329 e. The molecule has 1 atom stereocenters. The maximum atomic E-state index is 5.99. The van der Waals surface area contributed by atoms with Crippen LogP contribution in [-0.4, -0.2) is 24.5 Å². The van der Waals surface area contributed by atoms with E-state index in [-0.39, 0.29) is 0 Å². The fourth-order valence-electron chi connectivity index (χ4n) is 1.04. The van der Waals surface area contributed by atoms with Crippen LogP contribution in [0, 0.1) is 0 Å². The van der Waals surface area contributed by atoms with E-state index in [2.05, 4.69) is 24.9 Å². The highest BCUT2D eigenvalue weighted by Gasteiger charge is 2.09. The minimum Gasteiger partial charge on any atom is -0.329 e. The average molecular weight is 219 g/mol. The van der Waals surface area contributed by atoms with Crippen molar-refractivity contribution in [3.63, 3.8) is 0 Å². The second-order valence-corrected chi connectivity index (χ2v) is 4.74. The first-order chi connectivity index (χ1) is 6.15. The number of rotatable bonds is 4. The predicted molar refractivity (Wildman–Crippen MR) is 59.3 cm³/mol. The molecule has 1 rings (SSSR count). The molecule has 1 aromatic rings. The molecule has 1 aromatic heterocycles. The number of hydrogen-bond acceptors (Lipinski definition) is 3. The van der Waals surface area contributed by atoms with Crippen LogP contribution in [0.25, 0.3) is 0 Å². The molecule has 0 amide bonds. The van der Waals surface area contributed by atoms with E-state index in [1.165, 1.54) is 5.56 Å². The lowest BCUT2D eigenvalue weighted by atomic mass is 10.2. The van der Waals surface area contributed by atoms with Crippen molar-refractivity contribution < 1.29 is 0 Å². The molecule has 1 heterocycles. The molecule has 0 spiro atoms. The molecule has 2 nitrogen and oxygen atoms in total. The van der Waals surface area contributed by atoms with E-state index in [9.17, 15) is 0 Å². The van der Waals surface area contributed by atoms with Gasteiger partial charge in [-0.25, -0.2) is 0 Å². The van der Waals surface area contributed by atoms with Gasteiger partial charge >= 0.3 is 0 Å². The predicted octanol–water partition coefficient (Wildman–Crippen LogP) is 2.18. The molecule has 0 aliphatic carbocycles. The third kappa shape index (κ3) is 2.95. The summed E-state index contributed by atoms with van der Waals surface area (Å²) in [6, 6.07) is 2.46. The molecule has 0 fully saturated rings. The van der Waals surface area contributed by atoms with E-state index in [1.54, 1.807) is 11.3 Å². The summed E-state index contributed by atoms with van der Waals surface area (Å²) in [6.07, 6.45) is 0. The molecular formula is C9H15ClN2S. The van der Waals surface area contributed by atoms with Crippen molar-refractivity contribution in [2.75, 3.05) is 13.6 Å². The van der Waals surface area contributed by atoms with Crippen molar-refractivity contribution in [3.05, 3.63) is 21.3 Å². The molecule has 0 radical (unpaired) electrons. The fraction of sp³-hybridized carbons (Fsp3) is 0.556. The van der Waals surface area contributed by atoms with E-state index < -0.39 is 0 Å². The standard InChI is InChI=1S/C9H15ClN2S/c1-7(5-11)12(2)6-8-3-4-13-9(8)10/h3-4,7H,5-6,11H2,1-2H3. The maximum Gasteiger partial charge on any atom is 0.0973 e. The molecule has 2 N–H and O–H groups in total. The summed E-state index contributed by atoms with van der Waals surface area (Å²) in [6.45, 7) is 3.67. The van der Waals surface area contributed by atoms with E-state index in [1.807, 2.05) is 5.38 Å². The third-order valence-corrected chi connectivity index (χ3v) is 3.46. The minimum atomic E-state index is 0.399. The SMILES string of the molecule is CC(CN)N(C)Cc1ccsc1Cl. The summed E-state index contributed by atoms with van der Waals surface area (Å²) in [4.78, 5) is 2.20. The monoisotopic (exact) mass is 218 g/mol. The Bertz CT molecular complexity index is 262. The Balaban J connectivity index is 2.54. The smallest absolute Gasteiger partial charge is 0.0973 e. The van der Waals surface area contributed by atoms with E-state index in [0.29, 0.717) is 12.6 Å². The average Bonchev–Trinajstić information content (AvgIpc) is 2.50. The van der Waals surface area contributed by atoms with Crippen LogP contribution in [0.5, 0.6) is 0 Å². The highest BCUT2D eigenvalue weighted by molar-refractivity contribution is 7.14. The number of thiophene rings is 1. The maximum absolute atomic E-state index is 5.99. The minimum absolute atomic E-state index is 0.399. The first-order valence-corrected chi connectivity index (χ1v) is 5.53.